The van der Waals surface area contributed by atoms with Crippen molar-refractivity contribution in [2.24, 2.45) is 7.05 Å². The van der Waals surface area contributed by atoms with E-state index in [4.69, 9.17) is 19.2 Å². The fourth-order valence-corrected chi connectivity index (χ4v) is 4.37. The molecule has 2 aromatic carbocycles. The van der Waals surface area contributed by atoms with E-state index >= 15 is 0 Å². The molecule has 4 aromatic rings. The number of methoxy groups -OCH3 is 3. The van der Waals surface area contributed by atoms with Crippen molar-refractivity contribution in [1.29, 1.82) is 0 Å². The number of aromatic nitrogens is 3. The van der Waals surface area contributed by atoms with E-state index in [9.17, 15) is 4.79 Å². The highest BCUT2D eigenvalue weighted by molar-refractivity contribution is 6.02. The van der Waals surface area contributed by atoms with E-state index in [1.54, 1.807) is 33.6 Å². The van der Waals surface area contributed by atoms with Crippen LogP contribution in [0, 0.1) is 0 Å². The molecule has 0 radical (unpaired) electrons. The molecule has 39 heavy (non-hydrogen) atoms. The highest BCUT2D eigenvalue weighted by Gasteiger charge is 2.19. The van der Waals surface area contributed by atoms with E-state index < -0.39 is 0 Å². The van der Waals surface area contributed by atoms with Gasteiger partial charge in [0.15, 0.2) is 0 Å². The minimum Gasteiger partial charge on any atom is -0.494 e. The van der Waals surface area contributed by atoms with E-state index in [0.717, 1.165) is 27.8 Å². The molecule has 4 rings (SSSR count). The predicted molar refractivity (Wildman–Crippen MR) is 155 cm³/mol. The molecule has 0 aliphatic rings. The van der Waals surface area contributed by atoms with Crippen LogP contribution in [0.15, 0.2) is 67.5 Å². The molecule has 0 unspecified atom stereocenters. The lowest BCUT2D eigenvalue weighted by Crippen LogP contribution is -2.31. The van der Waals surface area contributed by atoms with Crippen LogP contribution in [-0.4, -0.2) is 68.1 Å². The lowest BCUT2D eigenvalue weighted by Gasteiger charge is -2.28. The Morgan fingerprint density at radius 3 is 2.51 bits per heavy atom. The lowest BCUT2D eigenvalue weighted by atomic mass is 10.1. The monoisotopic (exact) mass is 530 g/mol. The number of fused-ring (bicyclic) bond motifs is 1. The molecule has 0 atom stereocenters. The number of amides is 1. The highest BCUT2D eigenvalue weighted by atomic mass is 16.5. The van der Waals surface area contributed by atoms with Gasteiger partial charge in [0.25, 0.3) is 0 Å². The van der Waals surface area contributed by atoms with Crippen LogP contribution in [0.2, 0.25) is 0 Å². The zero-order valence-electron chi connectivity index (χ0n) is 22.7. The Hall–Kier alpha value is -4.41. The molecule has 2 N–H and O–H groups in total. The van der Waals surface area contributed by atoms with Crippen LogP contribution >= 0.6 is 0 Å². The number of rotatable bonds is 13. The first kappa shape index (κ1) is 27.6. The lowest BCUT2D eigenvalue weighted by molar-refractivity contribution is -0.111. The summed E-state index contributed by atoms with van der Waals surface area (Å²) in [6.07, 6.45) is 5.00. The Balaban J connectivity index is 1.73. The first-order valence-electron chi connectivity index (χ1n) is 12.5. The van der Waals surface area contributed by atoms with Crippen LogP contribution in [0.25, 0.3) is 22.2 Å². The van der Waals surface area contributed by atoms with Crippen LogP contribution < -0.4 is 20.3 Å². The summed E-state index contributed by atoms with van der Waals surface area (Å²) in [5, 5.41) is 7.29. The minimum atomic E-state index is -0.333. The van der Waals surface area contributed by atoms with Crippen molar-refractivity contribution in [3.05, 3.63) is 67.5 Å². The number of para-hydroxylation sites is 1. The maximum absolute atomic E-state index is 12.3. The zero-order chi connectivity index (χ0) is 27.8. The van der Waals surface area contributed by atoms with Gasteiger partial charge in [0.05, 0.1) is 43.1 Å². The van der Waals surface area contributed by atoms with Gasteiger partial charge in [-0.2, -0.15) is 0 Å². The summed E-state index contributed by atoms with van der Waals surface area (Å²) in [6.45, 7) is 5.75. The maximum atomic E-state index is 12.3. The molecular weight excluding hydrogens is 496 g/mol. The average molecular weight is 531 g/mol. The van der Waals surface area contributed by atoms with Crippen LogP contribution in [-0.2, 0) is 21.3 Å². The summed E-state index contributed by atoms with van der Waals surface area (Å²) in [6, 6.07) is 13.7. The van der Waals surface area contributed by atoms with E-state index in [0.29, 0.717) is 49.4 Å². The molecule has 10 nitrogen and oxygen atoms in total. The van der Waals surface area contributed by atoms with E-state index in [1.807, 2.05) is 31.3 Å². The Morgan fingerprint density at radius 1 is 1.08 bits per heavy atom. The Bertz CT molecular complexity index is 1440. The van der Waals surface area contributed by atoms with Crippen molar-refractivity contribution in [2.75, 3.05) is 63.2 Å². The van der Waals surface area contributed by atoms with Gasteiger partial charge in [-0.25, -0.2) is 9.97 Å². The normalized spacial score (nSPS) is 10.9. The Labute approximate surface area is 228 Å². The summed E-state index contributed by atoms with van der Waals surface area (Å²) in [5.74, 6) is 0.615. The smallest absolute Gasteiger partial charge is 0.247 e. The van der Waals surface area contributed by atoms with Gasteiger partial charge in [0, 0.05) is 69.3 Å². The van der Waals surface area contributed by atoms with E-state index in [1.165, 1.54) is 6.08 Å². The van der Waals surface area contributed by atoms with Crippen molar-refractivity contribution in [2.45, 2.75) is 0 Å². The molecule has 0 aliphatic heterocycles. The number of carbonyl (C=O) groups excluding carboxylic acids is 1. The summed E-state index contributed by atoms with van der Waals surface area (Å²) in [5.41, 5.74) is 4.82. The number of ether oxygens (including phenoxy) is 3. The number of aryl methyl sites for hydroxylation is 1. The minimum absolute atomic E-state index is 0.333. The summed E-state index contributed by atoms with van der Waals surface area (Å²) < 4.78 is 18.4. The van der Waals surface area contributed by atoms with Crippen LogP contribution in [0.3, 0.4) is 0 Å². The molecule has 0 fully saturated rings. The molecule has 0 spiro atoms. The molecule has 0 saturated carbocycles. The van der Waals surface area contributed by atoms with E-state index in [-0.39, 0.29) is 5.91 Å². The molecule has 0 bridgehead atoms. The number of nitrogens with zero attached hydrogens (tertiary/aromatic N) is 4. The fourth-order valence-electron chi connectivity index (χ4n) is 4.37. The van der Waals surface area contributed by atoms with E-state index in [2.05, 4.69) is 50.0 Å². The molecule has 1 amide bonds. The Kier molecular flexibility index (Phi) is 9.14. The van der Waals surface area contributed by atoms with Gasteiger partial charge >= 0.3 is 0 Å². The second-order valence-corrected chi connectivity index (χ2v) is 8.80. The largest absolute Gasteiger partial charge is 0.494 e. The second kappa shape index (κ2) is 12.9. The average Bonchev–Trinajstić information content (AvgIpc) is 3.30. The van der Waals surface area contributed by atoms with Crippen molar-refractivity contribution < 1.29 is 19.0 Å². The van der Waals surface area contributed by atoms with Crippen molar-refractivity contribution >= 4 is 39.8 Å². The number of hydrogen-bond acceptors (Lipinski definition) is 8. The van der Waals surface area contributed by atoms with Crippen molar-refractivity contribution in [1.82, 2.24) is 14.5 Å². The Morgan fingerprint density at radius 2 is 1.82 bits per heavy atom. The number of anilines is 4. The predicted octanol–water partition coefficient (Wildman–Crippen LogP) is 4.61. The van der Waals surface area contributed by atoms with Gasteiger partial charge in [-0.3, -0.25) is 4.79 Å². The number of carbonyl (C=O) groups is 1. The third kappa shape index (κ3) is 6.36. The van der Waals surface area contributed by atoms with Crippen LogP contribution in [0.4, 0.5) is 23.0 Å². The van der Waals surface area contributed by atoms with Crippen molar-refractivity contribution in [3.8, 4) is 17.0 Å². The topological polar surface area (TPSA) is 103 Å². The molecule has 2 aromatic heterocycles. The quantitative estimate of drug-likeness (QED) is 0.242. The third-order valence-electron chi connectivity index (χ3n) is 6.31. The first-order chi connectivity index (χ1) is 19.0. The van der Waals surface area contributed by atoms with Gasteiger partial charge in [-0.1, -0.05) is 24.8 Å². The number of benzene rings is 2. The van der Waals surface area contributed by atoms with Crippen LogP contribution in [0.1, 0.15) is 0 Å². The van der Waals surface area contributed by atoms with Gasteiger partial charge in [-0.05, 0) is 24.3 Å². The fraction of sp³-hybridized carbons (Fsp3) is 0.276. The van der Waals surface area contributed by atoms with Crippen molar-refractivity contribution in [3.63, 3.8) is 0 Å². The second-order valence-electron chi connectivity index (χ2n) is 8.80. The molecular formula is C29H34N6O4. The maximum Gasteiger partial charge on any atom is 0.247 e. The number of hydrogen-bond donors (Lipinski definition) is 2. The van der Waals surface area contributed by atoms with Gasteiger partial charge in [0.1, 0.15) is 5.75 Å². The molecule has 204 valence electrons. The highest BCUT2D eigenvalue weighted by Crippen LogP contribution is 2.38. The zero-order valence-corrected chi connectivity index (χ0v) is 22.7. The molecule has 0 saturated heterocycles. The molecule has 2 heterocycles. The molecule has 10 heteroatoms. The number of nitrogens with one attached hydrogen (secondary N) is 2. The van der Waals surface area contributed by atoms with Gasteiger partial charge in [-0.15, -0.1) is 0 Å². The summed E-state index contributed by atoms with van der Waals surface area (Å²) >= 11 is 0. The molecule has 0 aliphatic carbocycles. The third-order valence-corrected chi connectivity index (χ3v) is 6.31. The first-order valence-corrected chi connectivity index (χ1v) is 12.5. The van der Waals surface area contributed by atoms with Crippen LogP contribution in [0.5, 0.6) is 5.75 Å². The summed E-state index contributed by atoms with van der Waals surface area (Å²) in [4.78, 5) is 23.6. The van der Waals surface area contributed by atoms with Gasteiger partial charge in [0.2, 0.25) is 11.9 Å². The summed E-state index contributed by atoms with van der Waals surface area (Å²) in [7, 11) is 6.90. The van der Waals surface area contributed by atoms with Gasteiger partial charge < -0.3 is 34.3 Å². The standard InChI is InChI=1S/C29H34N6O4/c1-6-28(36)31-23-17-24(27(39-5)18-26(23)35(13-15-37-3)14-16-38-4)33-29-30-12-11-22(32-29)21-19-34(2)25-10-8-7-9-20(21)25/h6-12,17-19H,1,13-16H2,2-5H3,(H,31,36)(H,30,32,33). The SMILES string of the molecule is C=CC(=O)Nc1cc(Nc2nccc(-c3cn(C)c4ccccc34)n2)c(OC)cc1N(CCOC)CCOC.